The van der Waals surface area contributed by atoms with Crippen molar-refractivity contribution < 1.29 is 18.7 Å². The Kier molecular flexibility index (Phi) is 6.26. The summed E-state index contributed by atoms with van der Waals surface area (Å²) in [4.78, 5) is 29.3. The zero-order chi connectivity index (χ0) is 20.1. The Morgan fingerprint density at radius 2 is 2.11 bits per heavy atom. The molecule has 3 rings (SSSR count). The van der Waals surface area contributed by atoms with E-state index in [4.69, 9.17) is 9.15 Å². The summed E-state index contributed by atoms with van der Waals surface area (Å²) in [6.07, 6.45) is 1.20. The summed E-state index contributed by atoms with van der Waals surface area (Å²) in [5.41, 5.74) is 1.67. The van der Waals surface area contributed by atoms with E-state index in [-0.39, 0.29) is 18.3 Å². The number of aromatic nitrogens is 1. The number of aryl methyl sites for hydroxylation is 1. The first kappa shape index (κ1) is 19.8. The maximum atomic E-state index is 12.0. The minimum atomic E-state index is -0.141. The van der Waals surface area contributed by atoms with Crippen molar-refractivity contribution in [1.82, 2.24) is 4.98 Å². The summed E-state index contributed by atoms with van der Waals surface area (Å²) in [5, 5.41) is 4.76. The number of Topliss-reactive ketones (excluding diaryl/α,β-unsaturated/α-hetero) is 1. The maximum absolute atomic E-state index is 12.0. The summed E-state index contributed by atoms with van der Waals surface area (Å²) >= 11 is 1.55. The smallest absolute Gasteiger partial charge is 0.236 e. The SMILES string of the molecule is CCCC(=O)Nc1ccc(OCc2nc(-c3cccs3)oc2C)c(C(C)=O)c1. The molecule has 0 radical (unpaired) electrons. The van der Waals surface area contributed by atoms with E-state index in [0.29, 0.717) is 40.8 Å². The van der Waals surface area contributed by atoms with Crippen molar-refractivity contribution in [2.24, 2.45) is 0 Å². The van der Waals surface area contributed by atoms with Crippen LogP contribution in [0.3, 0.4) is 0 Å². The average Bonchev–Trinajstić information content (AvgIpc) is 3.30. The molecular formula is C21H22N2O4S. The molecule has 1 aromatic carbocycles. The zero-order valence-electron chi connectivity index (χ0n) is 16.1. The largest absolute Gasteiger partial charge is 0.486 e. The van der Waals surface area contributed by atoms with Crippen molar-refractivity contribution in [3.63, 3.8) is 0 Å². The first-order chi connectivity index (χ1) is 13.5. The van der Waals surface area contributed by atoms with E-state index in [2.05, 4.69) is 10.3 Å². The van der Waals surface area contributed by atoms with Gasteiger partial charge in [-0.3, -0.25) is 9.59 Å². The zero-order valence-corrected chi connectivity index (χ0v) is 16.9. The van der Waals surface area contributed by atoms with E-state index in [9.17, 15) is 9.59 Å². The Balaban J connectivity index is 1.75. The number of hydrogen-bond acceptors (Lipinski definition) is 6. The number of nitrogens with one attached hydrogen (secondary N) is 1. The number of hydrogen-bond donors (Lipinski definition) is 1. The second kappa shape index (κ2) is 8.84. The van der Waals surface area contributed by atoms with E-state index >= 15 is 0 Å². The van der Waals surface area contributed by atoms with Crippen LogP contribution in [0.2, 0.25) is 0 Å². The van der Waals surface area contributed by atoms with E-state index in [1.54, 1.807) is 29.5 Å². The number of benzene rings is 1. The Hall–Kier alpha value is -2.93. The van der Waals surface area contributed by atoms with Crippen molar-refractivity contribution in [2.45, 2.75) is 40.2 Å². The molecule has 0 spiro atoms. The van der Waals surface area contributed by atoms with Gasteiger partial charge >= 0.3 is 0 Å². The van der Waals surface area contributed by atoms with E-state index < -0.39 is 0 Å². The highest BCUT2D eigenvalue weighted by Crippen LogP contribution is 2.28. The summed E-state index contributed by atoms with van der Waals surface area (Å²) in [6.45, 7) is 5.42. The lowest BCUT2D eigenvalue weighted by Crippen LogP contribution is -2.11. The fourth-order valence-electron chi connectivity index (χ4n) is 2.67. The summed E-state index contributed by atoms with van der Waals surface area (Å²) < 4.78 is 11.6. The topological polar surface area (TPSA) is 81.4 Å². The molecule has 0 aliphatic heterocycles. The molecule has 7 heteroatoms. The molecule has 3 aromatic rings. The quantitative estimate of drug-likeness (QED) is 0.525. The van der Waals surface area contributed by atoms with Crippen LogP contribution in [-0.4, -0.2) is 16.7 Å². The van der Waals surface area contributed by atoms with Gasteiger partial charge in [-0.15, -0.1) is 11.3 Å². The third-order valence-electron chi connectivity index (χ3n) is 4.11. The van der Waals surface area contributed by atoms with E-state index in [0.717, 1.165) is 11.3 Å². The molecule has 0 atom stereocenters. The van der Waals surface area contributed by atoms with Crippen molar-refractivity contribution in [3.05, 3.63) is 52.7 Å². The van der Waals surface area contributed by atoms with E-state index in [1.807, 2.05) is 31.4 Å². The lowest BCUT2D eigenvalue weighted by atomic mass is 10.1. The van der Waals surface area contributed by atoms with Crippen LogP contribution in [0.25, 0.3) is 10.8 Å². The molecule has 0 saturated heterocycles. The van der Waals surface area contributed by atoms with Crippen LogP contribution in [0.1, 0.15) is 48.5 Å². The van der Waals surface area contributed by atoms with Gasteiger partial charge in [0.2, 0.25) is 11.8 Å². The number of ketones is 1. The Morgan fingerprint density at radius 3 is 2.79 bits per heavy atom. The lowest BCUT2D eigenvalue weighted by Gasteiger charge is -2.11. The number of rotatable bonds is 8. The number of thiophene rings is 1. The molecule has 6 nitrogen and oxygen atoms in total. The molecule has 146 valence electrons. The van der Waals surface area contributed by atoms with Crippen molar-refractivity contribution in [2.75, 3.05) is 5.32 Å². The van der Waals surface area contributed by atoms with Crippen LogP contribution in [-0.2, 0) is 11.4 Å². The van der Waals surface area contributed by atoms with Gasteiger partial charge in [0.1, 0.15) is 23.8 Å². The molecule has 0 aliphatic rings. The van der Waals surface area contributed by atoms with Crippen molar-refractivity contribution >= 4 is 28.7 Å². The van der Waals surface area contributed by atoms with Crippen LogP contribution in [0.5, 0.6) is 5.75 Å². The standard InChI is InChI=1S/C21H22N2O4S/c1-4-6-20(25)22-15-8-9-18(16(11-15)13(2)24)26-12-17-14(3)27-21(23-17)19-7-5-10-28-19/h5,7-11H,4,6,12H2,1-3H3,(H,22,25). The van der Waals surface area contributed by atoms with Crippen LogP contribution in [0.15, 0.2) is 40.1 Å². The van der Waals surface area contributed by atoms with E-state index in [1.165, 1.54) is 6.92 Å². The van der Waals surface area contributed by atoms with Gasteiger partial charge in [-0.25, -0.2) is 4.98 Å². The highest BCUT2D eigenvalue weighted by molar-refractivity contribution is 7.13. The number of carbonyl (C=O) groups is 2. The second-order valence-corrected chi connectivity index (χ2v) is 7.30. The molecule has 2 aromatic heterocycles. The lowest BCUT2D eigenvalue weighted by molar-refractivity contribution is -0.116. The number of nitrogens with zero attached hydrogens (tertiary/aromatic N) is 1. The Labute approximate surface area is 167 Å². The highest BCUT2D eigenvalue weighted by Gasteiger charge is 2.15. The van der Waals surface area contributed by atoms with Gasteiger partial charge in [0.25, 0.3) is 0 Å². The van der Waals surface area contributed by atoms with Crippen LogP contribution < -0.4 is 10.1 Å². The average molecular weight is 398 g/mol. The molecule has 1 amide bonds. The van der Waals surface area contributed by atoms with Gasteiger partial charge < -0.3 is 14.5 Å². The fourth-order valence-corrected chi connectivity index (χ4v) is 3.32. The molecule has 28 heavy (non-hydrogen) atoms. The van der Waals surface area contributed by atoms with Gasteiger partial charge in [0.15, 0.2) is 5.78 Å². The van der Waals surface area contributed by atoms with Gasteiger partial charge in [-0.1, -0.05) is 13.0 Å². The third kappa shape index (κ3) is 4.67. The predicted octanol–water partition coefficient (Wildman–Crippen LogP) is 5.23. The number of carbonyl (C=O) groups excluding carboxylic acids is 2. The highest BCUT2D eigenvalue weighted by atomic mass is 32.1. The molecule has 0 aliphatic carbocycles. The number of anilines is 1. The predicted molar refractivity (Wildman–Crippen MR) is 109 cm³/mol. The molecule has 2 heterocycles. The van der Waals surface area contributed by atoms with Crippen LogP contribution in [0.4, 0.5) is 5.69 Å². The number of amides is 1. The Bertz CT molecular complexity index is 976. The first-order valence-corrected chi connectivity index (χ1v) is 9.93. The van der Waals surface area contributed by atoms with Crippen molar-refractivity contribution in [3.8, 4) is 16.5 Å². The maximum Gasteiger partial charge on any atom is 0.236 e. The number of oxazole rings is 1. The second-order valence-electron chi connectivity index (χ2n) is 6.35. The minimum absolute atomic E-state index is 0.0787. The fraction of sp³-hybridized carbons (Fsp3) is 0.286. The first-order valence-electron chi connectivity index (χ1n) is 9.05. The minimum Gasteiger partial charge on any atom is -0.486 e. The van der Waals surface area contributed by atoms with Gasteiger partial charge in [-0.2, -0.15) is 0 Å². The van der Waals surface area contributed by atoms with Crippen LogP contribution >= 0.6 is 11.3 Å². The summed E-state index contributed by atoms with van der Waals surface area (Å²) in [5.74, 6) is 1.46. The van der Waals surface area contributed by atoms with Crippen molar-refractivity contribution in [1.29, 1.82) is 0 Å². The molecule has 0 bridgehead atoms. The summed E-state index contributed by atoms with van der Waals surface area (Å²) in [6, 6.07) is 8.93. The molecular weight excluding hydrogens is 376 g/mol. The summed E-state index contributed by atoms with van der Waals surface area (Å²) in [7, 11) is 0. The normalized spacial score (nSPS) is 10.7. The number of ether oxygens (including phenoxy) is 1. The molecule has 0 unspecified atom stereocenters. The monoisotopic (exact) mass is 398 g/mol. The van der Waals surface area contributed by atoms with Crippen LogP contribution in [0, 0.1) is 6.92 Å². The van der Waals surface area contributed by atoms with Gasteiger partial charge in [-0.05, 0) is 49.9 Å². The van der Waals surface area contributed by atoms with Gasteiger partial charge in [0, 0.05) is 12.1 Å². The third-order valence-corrected chi connectivity index (χ3v) is 4.97. The molecule has 1 N–H and O–H groups in total. The Morgan fingerprint density at radius 1 is 1.29 bits per heavy atom. The molecule has 0 saturated carbocycles. The van der Waals surface area contributed by atoms with Gasteiger partial charge in [0.05, 0.1) is 10.4 Å². The molecule has 0 fully saturated rings.